The topological polar surface area (TPSA) is 80.5 Å². The largest absolute Gasteiger partial charge is 0.377 e. The van der Waals surface area contributed by atoms with Crippen LogP contribution in [0.15, 0.2) is 54.7 Å². The Kier molecular flexibility index (Phi) is 6.50. The minimum absolute atomic E-state index is 0.0542. The van der Waals surface area contributed by atoms with Crippen LogP contribution in [0.3, 0.4) is 0 Å². The van der Waals surface area contributed by atoms with Crippen molar-refractivity contribution >= 4 is 17.3 Å². The monoisotopic (exact) mass is 506 g/mol. The number of nitrogens with zero attached hydrogens (tertiary/aromatic N) is 2. The van der Waals surface area contributed by atoms with Crippen LogP contribution in [0.2, 0.25) is 0 Å². The maximum atomic E-state index is 15.7. The third-order valence-corrected chi connectivity index (χ3v) is 7.38. The number of alkyl halides is 2. The lowest BCUT2D eigenvalue weighted by Gasteiger charge is -2.49. The van der Waals surface area contributed by atoms with Crippen LogP contribution in [0.5, 0.6) is 0 Å². The molecule has 1 amide bonds. The Morgan fingerprint density at radius 3 is 2.81 bits per heavy atom. The van der Waals surface area contributed by atoms with Gasteiger partial charge in [0.25, 0.3) is 5.91 Å². The molecule has 0 aliphatic carbocycles. The molecule has 6 nitrogen and oxygen atoms in total. The molecule has 3 heterocycles. The zero-order valence-electron chi connectivity index (χ0n) is 21.4. The highest BCUT2D eigenvalue weighted by Gasteiger charge is 2.47. The average molecular weight is 507 g/mol. The lowest BCUT2D eigenvalue weighted by molar-refractivity contribution is 0.0180. The molecule has 8 heteroatoms. The van der Waals surface area contributed by atoms with Gasteiger partial charge in [0.15, 0.2) is 0 Å². The van der Waals surface area contributed by atoms with Crippen molar-refractivity contribution in [2.75, 3.05) is 36.5 Å². The number of amides is 1. The number of aryl methyl sites for hydroxylation is 1. The van der Waals surface area contributed by atoms with Crippen LogP contribution >= 0.6 is 0 Å². The third kappa shape index (κ3) is 4.83. The normalized spacial score (nSPS) is 21.2. The van der Waals surface area contributed by atoms with Crippen molar-refractivity contribution in [1.82, 2.24) is 4.98 Å². The van der Waals surface area contributed by atoms with Gasteiger partial charge in [-0.2, -0.15) is 0 Å². The van der Waals surface area contributed by atoms with Crippen LogP contribution in [-0.2, 0) is 16.8 Å². The second-order valence-electron chi connectivity index (χ2n) is 10.4. The van der Waals surface area contributed by atoms with Crippen LogP contribution in [0.25, 0.3) is 11.1 Å². The van der Waals surface area contributed by atoms with Crippen molar-refractivity contribution in [3.63, 3.8) is 0 Å². The van der Waals surface area contributed by atoms with E-state index in [0.717, 1.165) is 27.9 Å². The maximum Gasteiger partial charge on any atom is 0.255 e. The van der Waals surface area contributed by atoms with E-state index < -0.39 is 17.4 Å². The number of nitrogens with two attached hydrogens (primary N) is 1. The van der Waals surface area contributed by atoms with Gasteiger partial charge >= 0.3 is 0 Å². The summed E-state index contributed by atoms with van der Waals surface area (Å²) < 4.78 is 35.6. The highest BCUT2D eigenvalue weighted by atomic mass is 19.1. The highest BCUT2D eigenvalue weighted by molar-refractivity contribution is 6.04. The van der Waals surface area contributed by atoms with Gasteiger partial charge in [-0.3, -0.25) is 9.78 Å². The van der Waals surface area contributed by atoms with Gasteiger partial charge in [-0.05, 0) is 73.4 Å². The molecule has 1 saturated heterocycles. The Hall–Kier alpha value is -3.36. The van der Waals surface area contributed by atoms with E-state index in [1.54, 1.807) is 6.07 Å². The second kappa shape index (κ2) is 9.50. The molecule has 0 bridgehead atoms. The summed E-state index contributed by atoms with van der Waals surface area (Å²) in [6.07, 6.45) is 1.69. The molecule has 1 aromatic heterocycles. The maximum absolute atomic E-state index is 15.7. The number of ether oxygens (including phenoxy) is 1. The van der Waals surface area contributed by atoms with Crippen molar-refractivity contribution in [1.29, 1.82) is 0 Å². The van der Waals surface area contributed by atoms with Crippen LogP contribution in [0.1, 0.15) is 41.0 Å². The minimum atomic E-state index is -1.65. The Balaban J connectivity index is 1.45. The van der Waals surface area contributed by atoms with Crippen LogP contribution in [0, 0.1) is 6.92 Å². The first kappa shape index (κ1) is 25.3. The number of hydrogen-bond donors (Lipinski definition) is 2. The molecule has 37 heavy (non-hydrogen) atoms. The summed E-state index contributed by atoms with van der Waals surface area (Å²) in [5, 5.41) is 2.92. The Morgan fingerprint density at radius 2 is 2.05 bits per heavy atom. The number of nitrogens with one attached hydrogen (secondary N) is 1. The predicted octanol–water partition coefficient (Wildman–Crippen LogP) is 4.94. The van der Waals surface area contributed by atoms with E-state index in [1.165, 1.54) is 26.1 Å². The first-order valence-electron chi connectivity index (χ1n) is 12.5. The molecule has 5 rings (SSSR count). The van der Waals surface area contributed by atoms with Crippen molar-refractivity contribution in [3.05, 3.63) is 77.1 Å². The fourth-order valence-electron chi connectivity index (χ4n) is 5.22. The van der Waals surface area contributed by atoms with Crippen molar-refractivity contribution < 1.29 is 18.3 Å². The molecular weight excluding hydrogens is 474 g/mol. The van der Waals surface area contributed by atoms with Crippen molar-refractivity contribution in [2.24, 2.45) is 5.73 Å². The molecule has 1 fully saturated rings. The zero-order chi connectivity index (χ0) is 26.4. The van der Waals surface area contributed by atoms with Crippen molar-refractivity contribution in [2.45, 2.75) is 44.6 Å². The molecule has 194 valence electrons. The number of morpholine rings is 1. The third-order valence-electron chi connectivity index (χ3n) is 7.38. The average Bonchev–Trinajstić information content (AvgIpc) is 2.89. The van der Waals surface area contributed by atoms with Crippen molar-refractivity contribution in [3.8, 4) is 11.1 Å². The molecule has 0 radical (unpaired) electrons. The molecule has 2 aromatic carbocycles. The lowest BCUT2D eigenvalue weighted by atomic mass is 9.81. The van der Waals surface area contributed by atoms with E-state index in [-0.39, 0.29) is 24.6 Å². The Morgan fingerprint density at radius 1 is 1.24 bits per heavy atom. The summed E-state index contributed by atoms with van der Waals surface area (Å²) in [7, 11) is 0. The molecule has 0 saturated carbocycles. The zero-order valence-corrected chi connectivity index (χ0v) is 21.4. The van der Waals surface area contributed by atoms with E-state index in [9.17, 15) is 9.18 Å². The number of benzene rings is 2. The van der Waals surface area contributed by atoms with Crippen LogP contribution in [-0.4, -0.2) is 48.9 Å². The fourth-order valence-corrected chi connectivity index (χ4v) is 5.22. The van der Waals surface area contributed by atoms with Gasteiger partial charge in [-0.15, -0.1) is 0 Å². The number of anilines is 2. The summed E-state index contributed by atoms with van der Waals surface area (Å²) >= 11 is 0. The lowest BCUT2D eigenvalue weighted by Crippen LogP contribution is -2.63. The SMILES string of the molecule is Cc1ccc(NC(=O)c2ccnc(C(C)(C)F)c2)cc1-c1ccc2c(c1)N1CCOC[C@H]1[C@](F)(CN)C2. The molecule has 3 aromatic rings. The van der Waals surface area contributed by atoms with E-state index in [2.05, 4.69) is 21.3 Å². The highest BCUT2D eigenvalue weighted by Crippen LogP contribution is 2.42. The number of carbonyl (C=O) groups is 1. The molecule has 2 aliphatic rings. The first-order valence-corrected chi connectivity index (χ1v) is 12.5. The molecule has 2 aliphatic heterocycles. The Bertz CT molecular complexity index is 1340. The number of rotatable bonds is 5. The van der Waals surface area contributed by atoms with Gasteiger partial charge in [0.05, 0.1) is 24.9 Å². The van der Waals surface area contributed by atoms with Gasteiger partial charge in [-0.25, -0.2) is 8.78 Å². The van der Waals surface area contributed by atoms with E-state index in [1.807, 2.05) is 37.3 Å². The van der Waals surface area contributed by atoms with E-state index in [4.69, 9.17) is 10.5 Å². The summed E-state index contributed by atoms with van der Waals surface area (Å²) in [5.41, 5.74) is 8.74. The summed E-state index contributed by atoms with van der Waals surface area (Å²) in [6, 6.07) is 14.4. The second-order valence-corrected chi connectivity index (χ2v) is 10.4. The molecule has 0 unspecified atom stereocenters. The van der Waals surface area contributed by atoms with Crippen LogP contribution in [0.4, 0.5) is 20.2 Å². The number of hydrogen-bond acceptors (Lipinski definition) is 5. The Labute approximate surface area is 215 Å². The number of aromatic nitrogens is 1. The smallest absolute Gasteiger partial charge is 0.255 e. The van der Waals surface area contributed by atoms with Crippen LogP contribution < -0.4 is 16.0 Å². The summed E-state index contributed by atoms with van der Waals surface area (Å²) in [6.45, 7) is 6.23. The van der Waals surface area contributed by atoms with E-state index in [0.29, 0.717) is 31.0 Å². The predicted molar refractivity (Wildman–Crippen MR) is 141 cm³/mol. The molecule has 3 N–H and O–H groups in total. The van der Waals surface area contributed by atoms with Gasteiger partial charge in [0.1, 0.15) is 11.3 Å². The summed E-state index contributed by atoms with van der Waals surface area (Å²) in [4.78, 5) is 19.1. The summed E-state index contributed by atoms with van der Waals surface area (Å²) in [5.74, 6) is -0.342. The first-order chi connectivity index (χ1) is 17.6. The number of carbonyl (C=O) groups excluding carboxylic acids is 1. The molecular formula is C29H32F2N4O2. The number of fused-ring (bicyclic) bond motifs is 3. The van der Waals surface area contributed by atoms with Gasteiger partial charge in [-0.1, -0.05) is 18.2 Å². The van der Waals surface area contributed by atoms with Gasteiger partial charge in [0.2, 0.25) is 0 Å². The standard InChI is InChI=1S/C29H32F2N4O2/c1-18-4-7-22(34-27(36)20-8-9-33-25(13-20)28(2,3)30)14-23(18)19-5-6-21-15-29(31,17-32)26-16-37-11-10-35(26)24(21)12-19/h4-9,12-14,26H,10-11,15-17,32H2,1-3H3,(H,34,36)/t26-,29+/m0/s1. The fraction of sp³-hybridized carbons (Fsp3) is 0.379. The van der Waals surface area contributed by atoms with E-state index >= 15 is 4.39 Å². The van der Waals surface area contributed by atoms with Gasteiger partial charge < -0.3 is 20.7 Å². The molecule has 2 atom stereocenters. The minimum Gasteiger partial charge on any atom is -0.377 e. The quantitative estimate of drug-likeness (QED) is 0.512. The number of halogens is 2. The van der Waals surface area contributed by atoms with Gasteiger partial charge in [0, 0.05) is 42.6 Å². The molecule has 0 spiro atoms. The number of pyridine rings is 1.